The predicted molar refractivity (Wildman–Crippen MR) is 65.3 cm³/mol. The van der Waals surface area contributed by atoms with Gasteiger partial charge in [-0.15, -0.1) is 0 Å². The average Bonchev–Trinajstić information content (AvgIpc) is 2.20. The van der Waals surface area contributed by atoms with Gasteiger partial charge in [0.05, 0.1) is 5.69 Å². The topological polar surface area (TPSA) is 20.3 Å². The lowest BCUT2D eigenvalue weighted by molar-refractivity contribution is -0.119. The highest BCUT2D eigenvalue weighted by Crippen LogP contribution is 2.26. The van der Waals surface area contributed by atoms with E-state index in [0.717, 1.165) is 28.6 Å². The zero-order chi connectivity index (χ0) is 10.8. The molecule has 0 saturated carbocycles. The Bertz CT molecular complexity index is 394. The molecule has 0 N–H and O–H groups in total. The molecule has 1 heterocycles. The number of amides is 1. The average molecular weight is 319 g/mol. The van der Waals surface area contributed by atoms with Crippen molar-refractivity contribution in [3.05, 3.63) is 27.6 Å². The van der Waals surface area contributed by atoms with Crippen molar-refractivity contribution >= 4 is 34.2 Å². The minimum absolute atomic E-state index is 0.144. The second-order valence-electron chi connectivity index (χ2n) is 3.60. The minimum atomic E-state index is -0.257. The predicted octanol–water partition coefficient (Wildman–Crippen LogP) is 2.95. The summed E-state index contributed by atoms with van der Waals surface area (Å²) in [5.41, 5.74) is 0.835. The fourth-order valence-electron chi connectivity index (χ4n) is 1.76. The van der Waals surface area contributed by atoms with Crippen LogP contribution < -0.4 is 4.90 Å². The van der Waals surface area contributed by atoms with Gasteiger partial charge in [-0.05, 0) is 53.6 Å². The van der Waals surface area contributed by atoms with Gasteiger partial charge in [-0.25, -0.2) is 4.39 Å². The summed E-state index contributed by atoms with van der Waals surface area (Å²) in [4.78, 5) is 13.4. The lowest BCUT2D eigenvalue weighted by atomic mass is 10.1. The largest absolute Gasteiger partial charge is 0.311 e. The molecule has 0 radical (unpaired) electrons. The summed E-state index contributed by atoms with van der Waals surface area (Å²) in [6, 6.07) is 4.54. The number of nitrogens with zero attached hydrogens (tertiary/aromatic N) is 1. The van der Waals surface area contributed by atoms with Gasteiger partial charge in [0, 0.05) is 16.5 Å². The number of halogens is 2. The first-order chi connectivity index (χ1) is 7.18. The summed E-state index contributed by atoms with van der Waals surface area (Å²) in [7, 11) is 0. The number of rotatable bonds is 1. The molecule has 1 aromatic carbocycles. The van der Waals surface area contributed by atoms with Crippen LogP contribution in [0.1, 0.15) is 19.3 Å². The molecule has 1 aromatic rings. The lowest BCUT2D eigenvalue weighted by Gasteiger charge is -2.27. The van der Waals surface area contributed by atoms with Crippen molar-refractivity contribution < 1.29 is 9.18 Å². The molecule has 1 amide bonds. The lowest BCUT2D eigenvalue weighted by Crippen LogP contribution is -2.35. The Hall–Kier alpha value is -0.650. The minimum Gasteiger partial charge on any atom is -0.311 e. The van der Waals surface area contributed by atoms with Crippen molar-refractivity contribution in [2.45, 2.75) is 19.3 Å². The van der Waals surface area contributed by atoms with Gasteiger partial charge in [-0.2, -0.15) is 0 Å². The molecule has 0 unspecified atom stereocenters. The van der Waals surface area contributed by atoms with E-state index in [-0.39, 0.29) is 11.7 Å². The zero-order valence-electron chi connectivity index (χ0n) is 8.17. The number of carbonyl (C=O) groups excluding carboxylic acids is 1. The normalized spacial score (nSPS) is 16.9. The molecule has 0 spiro atoms. The Labute approximate surface area is 102 Å². The third-order valence-corrected chi connectivity index (χ3v) is 3.39. The van der Waals surface area contributed by atoms with E-state index in [4.69, 9.17) is 0 Å². The quantitative estimate of drug-likeness (QED) is 0.729. The van der Waals surface area contributed by atoms with Gasteiger partial charge in [0.1, 0.15) is 5.82 Å². The summed E-state index contributed by atoms with van der Waals surface area (Å²) in [6.07, 6.45) is 2.60. The Morgan fingerprint density at radius 2 is 2.13 bits per heavy atom. The van der Waals surface area contributed by atoms with Crippen LogP contribution in [0.15, 0.2) is 18.2 Å². The summed E-state index contributed by atoms with van der Waals surface area (Å²) >= 11 is 2.06. The van der Waals surface area contributed by atoms with E-state index in [1.165, 1.54) is 12.1 Å². The zero-order valence-corrected chi connectivity index (χ0v) is 10.3. The molecule has 0 aliphatic carbocycles. The molecule has 2 nitrogen and oxygen atoms in total. The highest BCUT2D eigenvalue weighted by molar-refractivity contribution is 14.1. The number of anilines is 1. The first-order valence-corrected chi connectivity index (χ1v) is 6.02. The van der Waals surface area contributed by atoms with Crippen molar-refractivity contribution in [1.29, 1.82) is 0 Å². The third-order valence-electron chi connectivity index (χ3n) is 2.52. The first-order valence-electron chi connectivity index (χ1n) is 4.94. The molecule has 4 heteroatoms. The summed E-state index contributed by atoms with van der Waals surface area (Å²) in [6.45, 7) is 0.750. The number of carbonyl (C=O) groups is 1. The second kappa shape index (κ2) is 4.47. The maximum absolute atomic E-state index is 12.9. The van der Waals surface area contributed by atoms with Crippen LogP contribution in [-0.4, -0.2) is 12.5 Å². The van der Waals surface area contributed by atoms with Crippen molar-refractivity contribution in [1.82, 2.24) is 0 Å². The monoisotopic (exact) mass is 319 g/mol. The van der Waals surface area contributed by atoms with Crippen molar-refractivity contribution in [3.8, 4) is 0 Å². The molecule has 1 fully saturated rings. The van der Waals surface area contributed by atoms with Crippen LogP contribution in [0.4, 0.5) is 10.1 Å². The van der Waals surface area contributed by atoms with Crippen molar-refractivity contribution in [3.63, 3.8) is 0 Å². The van der Waals surface area contributed by atoms with E-state index >= 15 is 0 Å². The SMILES string of the molecule is O=C1CCCCN1c1ccc(F)cc1I. The fourth-order valence-corrected chi connectivity index (χ4v) is 2.53. The van der Waals surface area contributed by atoms with Gasteiger partial charge in [0.25, 0.3) is 0 Å². The van der Waals surface area contributed by atoms with Crippen LogP contribution in [0.3, 0.4) is 0 Å². The fraction of sp³-hybridized carbons (Fsp3) is 0.364. The highest BCUT2D eigenvalue weighted by atomic mass is 127. The standard InChI is InChI=1S/C11H11FINO/c12-8-4-5-10(9(13)7-8)14-6-2-1-3-11(14)15/h4-5,7H,1-3,6H2. The van der Waals surface area contributed by atoms with Gasteiger partial charge >= 0.3 is 0 Å². The molecule has 15 heavy (non-hydrogen) atoms. The molecule has 0 bridgehead atoms. The molecular weight excluding hydrogens is 308 g/mol. The van der Waals surface area contributed by atoms with Crippen molar-refractivity contribution in [2.75, 3.05) is 11.4 Å². The summed E-state index contributed by atoms with van der Waals surface area (Å²) in [5.74, 6) is -0.113. The van der Waals surface area contributed by atoms with Gasteiger partial charge in [0.15, 0.2) is 0 Å². The van der Waals surface area contributed by atoms with Crippen LogP contribution in [0, 0.1) is 9.39 Å². The Kier molecular flexibility index (Phi) is 3.23. The molecular formula is C11H11FINO. The maximum Gasteiger partial charge on any atom is 0.227 e. The van der Waals surface area contributed by atoms with Crippen molar-refractivity contribution in [2.24, 2.45) is 0 Å². The highest BCUT2D eigenvalue weighted by Gasteiger charge is 2.21. The van der Waals surface area contributed by atoms with Gasteiger partial charge in [-0.3, -0.25) is 4.79 Å². The van der Waals surface area contributed by atoms with Crippen LogP contribution in [0.5, 0.6) is 0 Å². The van der Waals surface area contributed by atoms with E-state index in [9.17, 15) is 9.18 Å². The van der Waals surface area contributed by atoms with E-state index in [1.54, 1.807) is 11.0 Å². The smallest absolute Gasteiger partial charge is 0.227 e. The Morgan fingerprint density at radius 3 is 2.80 bits per heavy atom. The number of benzene rings is 1. The maximum atomic E-state index is 12.9. The van der Waals surface area contributed by atoms with Gasteiger partial charge in [0.2, 0.25) is 5.91 Å². The first kappa shape index (κ1) is 10.9. The molecule has 1 saturated heterocycles. The van der Waals surface area contributed by atoms with Crippen LogP contribution in [0.2, 0.25) is 0 Å². The van der Waals surface area contributed by atoms with Gasteiger partial charge in [-0.1, -0.05) is 0 Å². The van der Waals surface area contributed by atoms with Crippen LogP contribution >= 0.6 is 22.6 Å². The summed E-state index contributed by atoms with van der Waals surface area (Å²) < 4.78 is 13.7. The Balaban J connectivity index is 2.31. The van der Waals surface area contributed by atoms with Gasteiger partial charge < -0.3 is 4.90 Å². The van der Waals surface area contributed by atoms with E-state index in [0.29, 0.717) is 6.42 Å². The Morgan fingerprint density at radius 1 is 1.33 bits per heavy atom. The number of hydrogen-bond acceptors (Lipinski definition) is 1. The molecule has 2 rings (SSSR count). The van der Waals surface area contributed by atoms with E-state index in [2.05, 4.69) is 22.6 Å². The second-order valence-corrected chi connectivity index (χ2v) is 4.76. The molecule has 80 valence electrons. The van der Waals surface area contributed by atoms with E-state index in [1.807, 2.05) is 0 Å². The summed E-state index contributed by atoms with van der Waals surface area (Å²) in [5, 5.41) is 0. The number of hydrogen-bond donors (Lipinski definition) is 0. The molecule has 1 aliphatic heterocycles. The van der Waals surface area contributed by atoms with E-state index < -0.39 is 0 Å². The molecule has 0 atom stereocenters. The third kappa shape index (κ3) is 2.30. The number of piperidine rings is 1. The molecule has 0 aromatic heterocycles. The van der Waals surface area contributed by atoms with Crippen LogP contribution in [-0.2, 0) is 4.79 Å². The molecule has 1 aliphatic rings. The van der Waals surface area contributed by atoms with Crippen LogP contribution in [0.25, 0.3) is 0 Å².